The maximum absolute atomic E-state index is 12.4. The fourth-order valence-electron chi connectivity index (χ4n) is 4.34. The van der Waals surface area contributed by atoms with E-state index >= 15 is 0 Å². The second kappa shape index (κ2) is 4.09. The van der Waals surface area contributed by atoms with E-state index in [0.717, 1.165) is 13.0 Å². The van der Waals surface area contributed by atoms with Crippen LogP contribution < -0.4 is 0 Å². The van der Waals surface area contributed by atoms with E-state index in [0.29, 0.717) is 12.8 Å². The number of hydrogen-bond acceptors (Lipinski definition) is 3. The van der Waals surface area contributed by atoms with Crippen LogP contribution in [0.15, 0.2) is 41.6 Å². The average molecular weight is 292 g/mol. The number of amides is 1. The largest absolute Gasteiger partial charge is 0.386 e. The number of fused-ring (bicyclic) bond motifs is 6. The van der Waals surface area contributed by atoms with E-state index in [-0.39, 0.29) is 11.9 Å². The maximum Gasteiger partial charge on any atom is 0.227 e. The average Bonchev–Trinajstić information content (AvgIpc) is 3.13. The van der Waals surface area contributed by atoms with Gasteiger partial charge in [-0.05, 0) is 28.3 Å². The van der Waals surface area contributed by atoms with Crippen molar-refractivity contribution >= 4 is 22.9 Å². The lowest BCUT2D eigenvalue weighted by atomic mass is 9.81. The number of nitrogens with zero attached hydrogens (tertiary/aromatic N) is 2. The van der Waals surface area contributed by atoms with Crippen LogP contribution in [0.1, 0.15) is 30.0 Å². The molecule has 1 amide bonds. The first-order valence-corrected chi connectivity index (χ1v) is 7.78. The molecule has 2 aromatic carbocycles. The molecule has 4 heteroatoms. The zero-order chi connectivity index (χ0) is 14.7. The van der Waals surface area contributed by atoms with Gasteiger partial charge in [0.15, 0.2) is 5.60 Å². The predicted octanol–water partition coefficient (Wildman–Crippen LogP) is 2.81. The number of benzene rings is 2. The third-order valence-electron chi connectivity index (χ3n) is 5.30. The maximum atomic E-state index is 12.4. The van der Waals surface area contributed by atoms with Crippen molar-refractivity contribution in [1.82, 2.24) is 4.90 Å². The van der Waals surface area contributed by atoms with Crippen LogP contribution in [0.2, 0.25) is 0 Å². The number of carbonyl (C=O) groups excluding carboxylic acids is 1. The van der Waals surface area contributed by atoms with E-state index in [2.05, 4.69) is 41.6 Å². The molecule has 22 heavy (non-hydrogen) atoms. The van der Waals surface area contributed by atoms with Crippen molar-refractivity contribution < 1.29 is 9.63 Å². The van der Waals surface area contributed by atoms with Crippen LogP contribution in [0.4, 0.5) is 0 Å². The first-order valence-electron chi connectivity index (χ1n) is 7.78. The van der Waals surface area contributed by atoms with Crippen LogP contribution in [0.3, 0.4) is 0 Å². The molecule has 0 N–H and O–H groups in total. The minimum absolute atomic E-state index is 0.00384. The summed E-state index contributed by atoms with van der Waals surface area (Å²) in [5.41, 5.74) is 2.11. The number of rotatable bonds is 0. The Balaban J connectivity index is 1.74. The van der Waals surface area contributed by atoms with Gasteiger partial charge in [0.2, 0.25) is 5.91 Å². The molecule has 0 aromatic heterocycles. The van der Waals surface area contributed by atoms with Gasteiger partial charge in [0.05, 0.1) is 6.42 Å². The van der Waals surface area contributed by atoms with E-state index in [1.165, 1.54) is 21.9 Å². The molecular weight excluding hydrogens is 276 g/mol. The van der Waals surface area contributed by atoms with Crippen molar-refractivity contribution in [1.29, 1.82) is 0 Å². The van der Waals surface area contributed by atoms with Crippen LogP contribution in [0, 0.1) is 0 Å². The lowest BCUT2D eigenvalue weighted by Gasteiger charge is -2.38. The highest BCUT2D eigenvalue weighted by Crippen LogP contribution is 2.50. The lowest BCUT2D eigenvalue weighted by molar-refractivity contribution is -0.129. The van der Waals surface area contributed by atoms with Gasteiger partial charge >= 0.3 is 0 Å². The first-order chi connectivity index (χ1) is 10.8. The van der Waals surface area contributed by atoms with Crippen molar-refractivity contribution in [2.75, 3.05) is 6.54 Å². The minimum Gasteiger partial charge on any atom is -0.386 e. The molecule has 3 aliphatic heterocycles. The molecule has 0 radical (unpaired) electrons. The summed E-state index contributed by atoms with van der Waals surface area (Å²) in [7, 11) is 0. The molecule has 3 aliphatic rings. The Morgan fingerprint density at radius 2 is 2.14 bits per heavy atom. The van der Waals surface area contributed by atoms with Crippen LogP contribution in [0.25, 0.3) is 10.8 Å². The molecule has 1 saturated heterocycles. The molecule has 4 nitrogen and oxygen atoms in total. The smallest absolute Gasteiger partial charge is 0.227 e. The van der Waals surface area contributed by atoms with Crippen LogP contribution >= 0.6 is 0 Å². The highest BCUT2D eigenvalue weighted by molar-refractivity contribution is 5.89. The zero-order valence-electron chi connectivity index (χ0n) is 12.2. The molecule has 0 aliphatic carbocycles. The van der Waals surface area contributed by atoms with Gasteiger partial charge in [-0.15, -0.1) is 0 Å². The molecule has 1 unspecified atom stereocenters. The Labute approximate surface area is 128 Å². The van der Waals surface area contributed by atoms with Gasteiger partial charge < -0.3 is 9.74 Å². The summed E-state index contributed by atoms with van der Waals surface area (Å²) in [4.78, 5) is 20.1. The van der Waals surface area contributed by atoms with Crippen molar-refractivity contribution in [3.8, 4) is 0 Å². The molecule has 2 atom stereocenters. The summed E-state index contributed by atoms with van der Waals surface area (Å²) in [5, 5.41) is 6.54. The monoisotopic (exact) mass is 292 g/mol. The molecule has 110 valence electrons. The summed E-state index contributed by atoms with van der Waals surface area (Å²) < 4.78 is 0. The summed E-state index contributed by atoms with van der Waals surface area (Å²) in [6.45, 7) is 0.773. The number of carbonyl (C=O) groups is 1. The van der Waals surface area contributed by atoms with E-state index in [1.807, 2.05) is 4.90 Å². The fraction of sp³-hybridized carbons (Fsp3) is 0.333. The molecular formula is C18H16N2O2. The van der Waals surface area contributed by atoms with Crippen molar-refractivity contribution in [3.05, 3.63) is 47.5 Å². The SMILES string of the molecule is O=C1CC2(CC=NO2)[C@H]2c3ccc4ccccc4c3CCN12. The van der Waals surface area contributed by atoms with Gasteiger partial charge in [0.25, 0.3) is 0 Å². The topological polar surface area (TPSA) is 41.9 Å². The second-order valence-electron chi connectivity index (χ2n) is 6.42. The molecule has 5 rings (SSSR count). The Morgan fingerprint density at radius 3 is 3.00 bits per heavy atom. The first kappa shape index (κ1) is 12.2. The van der Waals surface area contributed by atoms with Crippen LogP contribution in [0.5, 0.6) is 0 Å². The molecule has 3 heterocycles. The normalized spacial score (nSPS) is 29.0. The van der Waals surface area contributed by atoms with Gasteiger partial charge in [-0.25, -0.2) is 0 Å². The molecule has 1 fully saturated rings. The number of oxime groups is 1. The summed E-state index contributed by atoms with van der Waals surface area (Å²) >= 11 is 0. The van der Waals surface area contributed by atoms with Crippen molar-refractivity contribution in [3.63, 3.8) is 0 Å². The predicted molar refractivity (Wildman–Crippen MR) is 83.6 cm³/mol. The van der Waals surface area contributed by atoms with Gasteiger partial charge in [-0.3, -0.25) is 4.79 Å². The molecule has 2 aromatic rings. The summed E-state index contributed by atoms with van der Waals surface area (Å²) in [6, 6.07) is 12.8. The fourth-order valence-corrected chi connectivity index (χ4v) is 4.34. The Hall–Kier alpha value is -2.36. The van der Waals surface area contributed by atoms with E-state index in [4.69, 9.17) is 4.84 Å². The van der Waals surface area contributed by atoms with Gasteiger partial charge in [-0.2, -0.15) is 0 Å². The van der Waals surface area contributed by atoms with Gasteiger partial charge in [0.1, 0.15) is 6.04 Å². The van der Waals surface area contributed by atoms with Gasteiger partial charge in [-0.1, -0.05) is 41.6 Å². The Bertz CT molecular complexity index is 819. The highest BCUT2D eigenvalue weighted by atomic mass is 16.7. The van der Waals surface area contributed by atoms with Crippen LogP contribution in [-0.4, -0.2) is 29.2 Å². The van der Waals surface area contributed by atoms with Crippen LogP contribution in [-0.2, 0) is 16.1 Å². The Morgan fingerprint density at radius 1 is 1.23 bits per heavy atom. The summed E-state index contributed by atoms with van der Waals surface area (Å²) in [5.74, 6) is 0.189. The molecule has 0 saturated carbocycles. The van der Waals surface area contributed by atoms with Crippen molar-refractivity contribution in [2.45, 2.75) is 30.9 Å². The van der Waals surface area contributed by atoms with E-state index < -0.39 is 5.60 Å². The van der Waals surface area contributed by atoms with Crippen molar-refractivity contribution in [2.24, 2.45) is 5.16 Å². The van der Waals surface area contributed by atoms with E-state index in [1.54, 1.807) is 6.21 Å². The summed E-state index contributed by atoms with van der Waals surface area (Å²) in [6.07, 6.45) is 3.86. The zero-order valence-corrected chi connectivity index (χ0v) is 12.2. The standard InChI is InChI=1S/C18H16N2O2/c21-16-11-18(8-9-19-22-18)17-15-6-5-12-3-1-2-4-13(12)14(15)7-10-20(16)17/h1-6,9,17H,7-8,10-11H2/t17-,18?/m1/s1. The van der Waals surface area contributed by atoms with Gasteiger partial charge in [0, 0.05) is 19.2 Å². The van der Waals surface area contributed by atoms with E-state index in [9.17, 15) is 4.79 Å². The third kappa shape index (κ3) is 1.42. The quantitative estimate of drug-likeness (QED) is 0.749. The molecule has 1 spiro atoms. The third-order valence-corrected chi connectivity index (χ3v) is 5.30. The molecule has 0 bridgehead atoms. The Kier molecular flexibility index (Phi) is 2.27. The lowest BCUT2D eigenvalue weighted by Crippen LogP contribution is -2.41. The minimum atomic E-state index is -0.491. The number of hydrogen-bond donors (Lipinski definition) is 0. The highest BCUT2D eigenvalue weighted by Gasteiger charge is 2.57. The second-order valence-corrected chi connectivity index (χ2v) is 6.42.